The Morgan fingerprint density at radius 3 is 2.65 bits per heavy atom. The number of halogens is 1. The molecule has 1 fully saturated rings. The molecule has 0 spiro atoms. The van der Waals surface area contributed by atoms with Gasteiger partial charge in [-0.15, -0.1) is 0 Å². The van der Waals surface area contributed by atoms with Gasteiger partial charge < -0.3 is 14.5 Å². The summed E-state index contributed by atoms with van der Waals surface area (Å²) in [6.45, 7) is 6.18. The molecule has 26 heavy (non-hydrogen) atoms. The van der Waals surface area contributed by atoms with E-state index in [0.717, 1.165) is 24.6 Å². The van der Waals surface area contributed by atoms with Crippen molar-refractivity contribution in [1.82, 2.24) is 10.2 Å². The lowest BCUT2D eigenvalue weighted by Crippen LogP contribution is -2.41. The Balaban J connectivity index is 1.61. The van der Waals surface area contributed by atoms with Crippen molar-refractivity contribution in [3.63, 3.8) is 0 Å². The molecule has 2 aromatic rings. The SMILES string of the molecule is Cc1ccc(C(CNC(=O)C(C)Oc2ccccc2Cl)N2CCCC2)o1. The molecule has 2 unspecified atom stereocenters. The summed E-state index contributed by atoms with van der Waals surface area (Å²) in [5, 5.41) is 3.49. The number of hydrogen-bond donors (Lipinski definition) is 1. The first kappa shape index (κ1) is 18.8. The van der Waals surface area contributed by atoms with E-state index in [2.05, 4.69) is 10.2 Å². The van der Waals surface area contributed by atoms with Crippen molar-refractivity contribution in [2.24, 2.45) is 0 Å². The second-order valence-corrected chi connectivity index (χ2v) is 7.05. The second kappa shape index (κ2) is 8.60. The van der Waals surface area contributed by atoms with Gasteiger partial charge in [0.1, 0.15) is 17.3 Å². The van der Waals surface area contributed by atoms with E-state index in [-0.39, 0.29) is 11.9 Å². The molecular weight excluding hydrogens is 352 g/mol. The second-order valence-electron chi connectivity index (χ2n) is 6.64. The topological polar surface area (TPSA) is 54.7 Å². The average molecular weight is 377 g/mol. The quantitative estimate of drug-likeness (QED) is 0.794. The lowest BCUT2D eigenvalue weighted by Gasteiger charge is -2.26. The maximum Gasteiger partial charge on any atom is 0.260 e. The molecule has 1 aliphatic heterocycles. The molecule has 1 amide bonds. The predicted octanol–water partition coefficient (Wildman–Crippen LogP) is 3.96. The molecule has 6 heteroatoms. The van der Waals surface area contributed by atoms with E-state index in [0.29, 0.717) is 17.3 Å². The Morgan fingerprint density at radius 2 is 2.00 bits per heavy atom. The van der Waals surface area contributed by atoms with Crippen molar-refractivity contribution in [3.05, 3.63) is 52.9 Å². The van der Waals surface area contributed by atoms with Gasteiger partial charge in [-0.2, -0.15) is 0 Å². The van der Waals surface area contributed by atoms with Crippen LogP contribution in [0.3, 0.4) is 0 Å². The van der Waals surface area contributed by atoms with Crippen LogP contribution < -0.4 is 10.1 Å². The fourth-order valence-electron chi connectivity index (χ4n) is 3.22. The summed E-state index contributed by atoms with van der Waals surface area (Å²) in [4.78, 5) is 14.8. The van der Waals surface area contributed by atoms with Crippen molar-refractivity contribution in [1.29, 1.82) is 0 Å². The summed E-state index contributed by atoms with van der Waals surface area (Å²) in [6, 6.07) is 11.1. The van der Waals surface area contributed by atoms with E-state index < -0.39 is 6.10 Å². The molecule has 0 saturated carbocycles. The number of nitrogens with one attached hydrogen (secondary N) is 1. The van der Waals surface area contributed by atoms with Crippen LogP contribution in [0.1, 0.15) is 37.3 Å². The molecule has 2 heterocycles. The summed E-state index contributed by atoms with van der Waals surface area (Å²) in [5.74, 6) is 2.11. The number of rotatable bonds is 7. The third-order valence-corrected chi connectivity index (χ3v) is 4.96. The van der Waals surface area contributed by atoms with E-state index >= 15 is 0 Å². The largest absolute Gasteiger partial charge is 0.479 e. The molecule has 0 radical (unpaired) electrons. The normalized spacial score (nSPS) is 17.0. The number of ether oxygens (including phenoxy) is 1. The van der Waals surface area contributed by atoms with E-state index in [9.17, 15) is 4.79 Å². The van der Waals surface area contributed by atoms with Crippen LogP contribution in [0.25, 0.3) is 0 Å². The standard InChI is InChI=1S/C20H25ClN2O3/c1-14-9-10-19(25-14)17(23-11-5-6-12-23)13-22-20(24)15(2)26-18-8-4-3-7-16(18)21/h3-4,7-10,15,17H,5-6,11-13H2,1-2H3,(H,22,24). The van der Waals surface area contributed by atoms with Gasteiger partial charge in [0.25, 0.3) is 5.91 Å². The number of likely N-dealkylation sites (tertiary alicyclic amines) is 1. The van der Waals surface area contributed by atoms with Gasteiger partial charge in [-0.1, -0.05) is 23.7 Å². The lowest BCUT2D eigenvalue weighted by atomic mass is 10.2. The molecule has 0 bridgehead atoms. The molecule has 5 nitrogen and oxygen atoms in total. The number of carbonyl (C=O) groups is 1. The van der Waals surface area contributed by atoms with Crippen LogP contribution in [0.15, 0.2) is 40.8 Å². The van der Waals surface area contributed by atoms with Crippen LogP contribution >= 0.6 is 11.6 Å². The molecule has 1 aromatic carbocycles. The van der Waals surface area contributed by atoms with Crippen LogP contribution in [0, 0.1) is 6.92 Å². The molecule has 1 aliphatic rings. The van der Waals surface area contributed by atoms with Crippen molar-refractivity contribution < 1.29 is 13.9 Å². The van der Waals surface area contributed by atoms with Crippen LogP contribution in [-0.4, -0.2) is 36.5 Å². The minimum absolute atomic E-state index is 0.0441. The summed E-state index contributed by atoms with van der Waals surface area (Å²) < 4.78 is 11.5. The summed E-state index contributed by atoms with van der Waals surface area (Å²) in [6.07, 6.45) is 1.72. The Morgan fingerprint density at radius 1 is 1.27 bits per heavy atom. The first-order valence-electron chi connectivity index (χ1n) is 9.04. The van der Waals surface area contributed by atoms with Crippen molar-refractivity contribution >= 4 is 17.5 Å². The highest BCUT2D eigenvalue weighted by atomic mass is 35.5. The third-order valence-electron chi connectivity index (χ3n) is 4.65. The molecule has 1 N–H and O–H groups in total. The van der Waals surface area contributed by atoms with Gasteiger partial charge in [0, 0.05) is 6.54 Å². The van der Waals surface area contributed by atoms with Gasteiger partial charge in [0.15, 0.2) is 6.10 Å². The first-order valence-corrected chi connectivity index (χ1v) is 9.41. The Labute approximate surface area is 159 Å². The fourth-order valence-corrected chi connectivity index (χ4v) is 3.40. The number of para-hydroxylation sites is 1. The summed E-state index contributed by atoms with van der Waals surface area (Å²) in [7, 11) is 0. The van der Waals surface area contributed by atoms with Crippen molar-refractivity contribution in [2.75, 3.05) is 19.6 Å². The van der Waals surface area contributed by atoms with Crippen LogP contribution in [0.4, 0.5) is 0 Å². The highest BCUT2D eigenvalue weighted by Crippen LogP contribution is 2.27. The Kier molecular flexibility index (Phi) is 6.22. The number of furan rings is 1. The molecule has 2 atom stereocenters. The zero-order valence-electron chi connectivity index (χ0n) is 15.2. The van der Waals surface area contributed by atoms with Gasteiger partial charge in [-0.3, -0.25) is 9.69 Å². The van der Waals surface area contributed by atoms with E-state index in [1.54, 1.807) is 19.1 Å². The maximum atomic E-state index is 12.5. The zero-order chi connectivity index (χ0) is 18.5. The molecule has 1 aromatic heterocycles. The van der Waals surface area contributed by atoms with Crippen LogP contribution in [0.5, 0.6) is 5.75 Å². The number of nitrogens with zero attached hydrogens (tertiary/aromatic N) is 1. The fraction of sp³-hybridized carbons (Fsp3) is 0.450. The van der Waals surface area contributed by atoms with Gasteiger partial charge in [0.2, 0.25) is 0 Å². The monoisotopic (exact) mass is 376 g/mol. The molecule has 3 rings (SSSR count). The summed E-state index contributed by atoms with van der Waals surface area (Å²) >= 11 is 6.09. The van der Waals surface area contributed by atoms with E-state index in [1.807, 2.05) is 31.2 Å². The van der Waals surface area contributed by atoms with Gasteiger partial charge in [0.05, 0.1) is 11.1 Å². The number of amides is 1. The molecule has 1 saturated heterocycles. The van der Waals surface area contributed by atoms with Crippen molar-refractivity contribution in [2.45, 2.75) is 38.8 Å². The molecular formula is C20H25ClN2O3. The van der Waals surface area contributed by atoms with Crippen LogP contribution in [0.2, 0.25) is 5.02 Å². The first-order chi connectivity index (χ1) is 12.5. The summed E-state index contributed by atoms with van der Waals surface area (Å²) in [5.41, 5.74) is 0. The zero-order valence-corrected chi connectivity index (χ0v) is 16.0. The molecule has 0 aliphatic carbocycles. The lowest BCUT2D eigenvalue weighted by molar-refractivity contribution is -0.127. The van der Waals surface area contributed by atoms with Gasteiger partial charge in [-0.05, 0) is 64.0 Å². The average Bonchev–Trinajstić information content (AvgIpc) is 3.29. The van der Waals surface area contributed by atoms with Gasteiger partial charge in [-0.25, -0.2) is 0 Å². The van der Waals surface area contributed by atoms with Crippen molar-refractivity contribution in [3.8, 4) is 5.75 Å². The number of carbonyl (C=O) groups excluding carboxylic acids is 1. The van der Waals surface area contributed by atoms with E-state index in [1.165, 1.54) is 12.8 Å². The number of benzene rings is 1. The van der Waals surface area contributed by atoms with E-state index in [4.69, 9.17) is 20.8 Å². The number of hydrogen-bond acceptors (Lipinski definition) is 4. The maximum absolute atomic E-state index is 12.5. The third kappa shape index (κ3) is 4.59. The minimum atomic E-state index is -0.632. The molecule has 140 valence electrons. The highest BCUT2D eigenvalue weighted by molar-refractivity contribution is 6.32. The minimum Gasteiger partial charge on any atom is -0.479 e. The Hall–Kier alpha value is -1.98. The predicted molar refractivity (Wildman–Crippen MR) is 102 cm³/mol. The van der Waals surface area contributed by atoms with Gasteiger partial charge >= 0.3 is 0 Å². The Bertz CT molecular complexity index is 740. The highest BCUT2D eigenvalue weighted by Gasteiger charge is 2.27. The number of aryl methyl sites for hydroxylation is 1. The van der Waals surface area contributed by atoms with Crippen LogP contribution in [-0.2, 0) is 4.79 Å². The smallest absolute Gasteiger partial charge is 0.260 e.